The molecule has 1 aliphatic heterocycles. The monoisotopic (exact) mass is 382 g/mol. The van der Waals surface area contributed by atoms with Crippen LogP contribution in [0.2, 0.25) is 0 Å². The first-order valence-electron chi connectivity index (χ1n) is 8.78. The van der Waals surface area contributed by atoms with E-state index < -0.39 is 11.7 Å². The Balaban J connectivity index is 1.78. The van der Waals surface area contributed by atoms with Crippen molar-refractivity contribution in [2.24, 2.45) is 0 Å². The highest BCUT2D eigenvalue weighted by Crippen LogP contribution is 2.19. The Labute approximate surface area is 158 Å². The van der Waals surface area contributed by atoms with E-state index >= 15 is 0 Å². The summed E-state index contributed by atoms with van der Waals surface area (Å²) in [5, 5.41) is 2.48. The Morgan fingerprint density at radius 2 is 2.11 bits per heavy atom. The van der Waals surface area contributed by atoms with Crippen molar-refractivity contribution in [2.75, 3.05) is 38.3 Å². The molecule has 8 nitrogen and oxygen atoms in total. The summed E-state index contributed by atoms with van der Waals surface area (Å²) in [6, 6.07) is 0. The van der Waals surface area contributed by atoms with Crippen LogP contribution in [-0.2, 0) is 9.47 Å². The van der Waals surface area contributed by atoms with Crippen LogP contribution in [0.4, 0.5) is 15.1 Å². The molecule has 1 aromatic rings. The topological polar surface area (TPSA) is 85.8 Å². The molecule has 0 aliphatic carbocycles. The molecule has 1 aromatic heterocycles. The van der Waals surface area contributed by atoms with Gasteiger partial charge < -0.3 is 24.4 Å². The van der Waals surface area contributed by atoms with Gasteiger partial charge in [0.15, 0.2) is 5.75 Å². The Bertz CT molecular complexity index is 646. The highest BCUT2D eigenvalue weighted by atomic mass is 19.1. The van der Waals surface area contributed by atoms with Crippen LogP contribution in [0.3, 0.4) is 0 Å². The molecule has 1 fully saturated rings. The number of methoxy groups -OCH3 is 1. The molecule has 2 heterocycles. The molecule has 1 saturated heterocycles. The number of alkyl carbamates (subject to hydrolysis) is 1. The summed E-state index contributed by atoms with van der Waals surface area (Å²) in [5.41, 5.74) is -0.356. The van der Waals surface area contributed by atoms with Gasteiger partial charge in [0.05, 0.1) is 24.8 Å². The first-order chi connectivity index (χ1) is 12.8. The second-order valence-electron chi connectivity index (χ2n) is 7.22. The van der Waals surface area contributed by atoms with Gasteiger partial charge in [-0.2, -0.15) is 0 Å². The summed E-state index contributed by atoms with van der Waals surface area (Å²) in [6.45, 7) is 6.79. The molecule has 9 heteroatoms. The molecule has 1 amide bonds. The first kappa shape index (κ1) is 20.9. The van der Waals surface area contributed by atoms with E-state index in [2.05, 4.69) is 15.3 Å². The van der Waals surface area contributed by atoms with Gasteiger partial charge in [0.25, 0.3) is 0 Å². The lowest BCUT2D eigenvalue weighted by atomic mass is 10.2. The van der Waals surface area contributed by atoms with Gasteiger partial charge in [-0.15, -0.1) is 0 Å². The predicted molar refractivity (Wildman–Crippen MR) is 98.6 cm³/mol. The number of hydrogen-bond acceptors (Lipinski definition) is 7. The van der Waals surface area contributed by atoms with Crippen molar-refractivity contribution in [3.05, 3.63) is 24.3 Å². The zero-order chi connectivity index (χ0) is 19.9. The van der Waals surface area contributed by atoms with E-state index in [1.54, 1.807) is 40.3 Å². The lowest BCUT2D eigenvalue weighted by Crippen LogP contribution is -2.34. The van der Waals surface area contributed by atoms with Crippen LogP contribution < -0.4 is 15.0 Å². The number of ether oxygens (including phenoxy) is 3. The minimum absolute atomic E-state index is 0.0173. The number of hydrogen-bond donors (Lipinski definition) is 1. The highest BCUT2D eigenvalue weighted by Gasteiger charge is 2.23. The number of nitrogens with one attached hydrogen (secondary N) is 1. The Kier molecular flexibility index (Phi) is 7.35. The summed E-state index contributed by atoms with van der Waals surface area (Å²) >= 11 is 0. The summed E-state index contributed by atoms with van der Waals surface area (Å²) in [6.07, 6.45) is 4.00. The van der Waals surface area contributed by atoms with E-state index in [-0.39, 0.29) is 24.8 Å². The van der Waals surface area contributed by atoms with E-state index in [0.29, 0.717) is 18.0 Å². The quantitative estimate of drug-likeness (QED) is 0.775. The number of rotatable bonds is 7. The smallest absolute Gasteiger partial charge is 0.407 e. The summed E-state index contributed by atoms with van der Waals surface area (Å²) in [7, 11) is 1.69. The van der Waals surface area contributed by atoms with Crippen molar-refractivity contribution in [1.29, 1.82) is 0 Å². The summed E-state index contributed by atoms with van der Waals surface area (Å²) < 4.78 is 28.9. The molecule has 0 aromatic carbocycles. The lowest BCUT2D eigenvalue weighted by molar-refractivity contribution is 0.0531. The first-order valence-corrected chi connectivity index (χ1v) is 8.78. The maximum absolute atomic E-state index is 13.0. The van der Waals surface area contributed by atoms with Crippen LogP contribution in [0.25, 0.3) is 0 Å². The number of carbonyl (C=O) groups excluding carboxylic acids is 1. The van der Waals surface area contributed by atoms with Gasteiger partial charge in [0, 0.05) is 32.3 Å². The van der Waals surface area contributed by atoms with Crippen molar-refractivity contribution in [1.82, 2.24) is 15.3 Å². The van der Waals surface area contributed by atoms with Crippen LogP contribution in [0.5, 0.6) is 5.75 Å². The van der Waals surface area contributed by atoms with E-state index in [4.69, 9.17) is 14.2 Å². The van der Waals surface area contributed by atoms with Crippen LogP contribution in [-0.4, -0.2) is 61.1 Å². The molecular weight excluding hydrogens is 355 g/mol. The molecule has 1 atom stereocenters. The lowest BCUT2D eigenvalue weighted by Gasteiger charge is -2.20. The molecule has 27 heavy (non-hydrogen) atoms. The average molecular weight is 382 g/mol. The van der Waals surface area contributed by atoms with E-state index in [1.165, 1.54) is 0 Å². The van der Waals surface area contributed by atoms with Gasteiger partial charge in [-0.05, 0) is 27.2 Å². The molecule has 0 unspecified atom stereocenters. The Morgan fingerprint density at radius 3 is 2.67 bits per heavy atom. The molecule has 0 radical (unpaired) electrons. The standard InChI is InChI=1S/C18H27FN4O4/c1-18(2,3)27-17(24)22-8-13(7-19)12-26-15-9-20-16(21-10-15)23-6-5-14(11-23)25-4/h7,9-10,14H,5-6,8,11-12H2,1-4H3,(H,22,24)/t14-/m0/s1. The van der Waals surface area contributed by atoms with E-state index in [1.807, 2.05) is 4.90 Å². The molecule has 0 saturated carbocycles. The highest BCUT2D eigenvalue weighted by molar-refractivity contribution is 5.68. The fourth-order valence-corrected chi connectivity index (χ4v) is 2.45. The van der Waals surface area contributed by atoms with Crippen molar-refractivity contribution >= 4 is 12.0 Å². The largest absolute Gasteiger partial charge is 0.486 e. The van der Waals surface area contributed by atoms with Crippen LogP contribution in [0, 0.1) is 0 Å². The number of nitrogens with zero attached hydrogens (tertiary/aromatic N) is 3. The second-order valence-corrected chi connectivity index (χ2v) is 7.22. The number of anilines is 1. The number of carbonyl (C=O) groups is 1. The SMILES string of the molecule is CO[C@H]1CCN(c2ncc(OCC(=CF)CNC(=O)OC(C)(C)C)cn2)C1. The second kappa shape index (κ2) is 9.50. The van der Waals surface area contributed by atoms with Crippen LogP contribution >= 0.6 is 0 Å². The van der Waals surface area contributed by atoms with E-state index in [0.717, 1.165) is 19.5 Å². The van der Waals surface area contributed by atoms with Gasteiger partial charge in [-0.25, -0.2) is 19.2 Å². The van der Waals surface area contributed by atoms with Gasteiger partial charge in [0.2, 0.25) is 5.95 Å². The maximum atomic E-state index is 13.0. The fourth-order valence-electron chi connectivity index (χ4n) is 2.45. The molecule has 0 bridgehead atoms. The number of amides is 1. The number of halogens is 1. The molecule has 0 spiro atoms. The normalized spacial score (nSPS) is 17.7. The van der Waals surface area contributed by atoms with Gasteiger partial charge in [-0.3, -0.25) is 0 Å². The predicted octanol–water partition coefficient (Wildman–Crippen LogP) is 2.46. The van der Waals surface area contributed by atoms with Gasteiger partial charge in [-0.1, -0.05) is 0 Å². The average Bonchev–Trinajstić information content (AvgIpc) is 3.10. The van der Waals surface area contributed by atoms with Crippen LogP contribution in [0.15, 0.2) is 24.3 Å². The van der Waals surface area contributed by atoms with Crippen molar-refractivity contribution in [3.8, 4) is 5.75 Å². The van der Waals surface area contributed by atoms with Crippen LogP contribution in [0.1, 0.15) is 27.2 Å². The summed E-state index contributed by atoms with van der Waals surface area (Å²) in [4.78, 5) is 22.2. The van der Waals surface area contributed by atoms with Gasteiger partial charge >= 0.3 is 6.09 Å². The van der Waals surface area contributed by atoms with E-state index in [9.17, 15) is 9.18 Å². The minimum Gasteiger partial charge on any atom is -0.486 e. The Hall–Kier alpha value is -2.42. The third-order valence-electron chi connectivity index (χ3n) is 3.81. The van der Waals surface area contributed by atoms with Crippen molar-refractivity contribution < 1.29 is 23.4 Å². The summed E-state index contributed by atoms with van der Waals surface area (Å²) in [5.74, 6) is 1.02. The zero-order valence-electron chi connectivity index (χ0n) is 16.2. The minimum atomic E-state index is -0.616. The molecule has 150 valence electrons. The van der Waals surface area contributed by atoms with Crippen molar-refractivity contribution in [3.63, 3.8) is 0 Å². The fraction of sp³-hybridized carbons (Fsp3) is 0.611. The zero-order valence-corrected chi connectivity index (χ0v) is 16.2. The molecule has 2 rings (SSSR count). The Morgan fingerprint density at radius 1 is 1.41 bits per heavy atom. The third kappa shape index (κ3) is 7.01. The third-order valence-corrected chi connectivity index (χ3v) is 3.81. The molecule has 1 N–H and O–H groups in total. The molecular formula is C18H27FN4O4. The maximum Gasteiger partial charge on any atom is 0.407 e. The number of aromatic nitrogens is 2. The van der Waals surface area contributed by atoms with Gasteiger partial charge in [0.1, 0.15) is 12.2 Å². The van der Waals surface area contributed by atoms with Crippen molar-refractivity contribution in [2.45, 2.75) is 38.9 Å². The molecule has 1 aliphatic rings.